The summed E-state index contributed by atoms with van der Waals surface area (Å²) in [5.41, 5.74) is 1.61. The van der Waals surface area contributed by atoms with E-state index in [1.807, 2.05) is 7.05 Å². The van der Waals surface area contributed by atoms with Crippen molar-refractivity contribution in [3.8, 4) is 0 Å². The number of unbranched alkanes of at least 4 members (excludes halogenated alkanes) is 23. The van der Waals surface area contributed by atoms with E-state index in [0.29, 0.717) is 18.5 Å². The lowest BCUT2D eigenvalue weighted by molar-refractivity contribution is -0.150. The average Bonchev–Trinajstić information content (AvgIpc) is 4.02. The number of esters is 2. The van der Waals surface area contributed by atoms with E-state index in [2.05, 4.69) is 43.2 Å². The number of nitrogens with zero attached hydrogens (tertiary/aromatic N) is 1. The van der Waals surface area contributed by atoms with Crippen LogP contribution in [-0.4, -0.2) is 80.3 Å². The number of epoxide rings is 1. The van der Waals surface area contributed by atoms with Gasteiger partial charge in [-0.3, -0.25) is 14.4 Å². The third-order valence-electron chi connectivity index (χ3n) is 13.2. The lowest BCUT2D eigenvalue weighted by atomic mass is 10.0. The van der Waals surface area contributed by atoms with Crippen LogP contribution in [0.5, 0.6) is 0 Å². The van der Waals surface area contributed by atoms with Gasteiger partial charge in [-0.2, -0.15) is 0 Å². The second kappa shape index (κ2) is 38.2. The maximum absolute atomic E-state index is 12.9. The largest absolute Gasteiger partial charge is 0.462 e. The molecule has 3 unspecified atom stereocenters. The van der Waals surface area contributed by atoms with Gasteiger partial charge in [-0.1, -0.05) is 163 Å². The number of Topliss-reactive ketones (excluding diaryl/α,β-unsaturated/α-hetero) is 1. The van der Waals surface area contributed by atoms with Crippen molar-refractivity contribution < 1.29 is 28.6 Å². The number of rotatable bonds is 46. The van der Waals surface area contributed by atoms with Gasteiger partial charge in [0.2, 0.25) is 5.78 Å². The minimum absolute atomic E-state index is 0.0129. The molecule has 0 spiro atoms. The Bertz CT molecular complexity index is 1150. The summed E-state index contributed by atoms with van der Waals surface area (Å²) in [7, 11) is 1.81. The Hall–Kier alpha value is -2.13. The lowest BCUT2D eigenvalue weighted by Crippen LogP contribution is -2.30. The van der Waals surface area contributed by atoms with Crippen LogP contribution in [0.1, 0.15) is 252 Å². The van der Waals surface area contributed by atoms with Crippen LogP contribution in [0.3, 0.4) is 0 Å². The van der Waals surface area contributed by atoms with E-state index in [1.54, 1.807) is 0 Å². The van der Waals surface area contributed by atoms with Crippen LogP contribution in [0.15, 0.2) is 11.4 Å². The van der Waals surface area contributed by atoms with Crippen molar-refractivity contribution >= 4 is 17.7 Å². The van der Waals surface area contributed by atoms with Crippen molar-refractivity contribution in [2.24, 2.45) is 0 Å². The normalized spacial score (nSPS) is 16.3. The molecule has 9 nitrogen and oxygen atoms in total. The second-order valence-corrected chi connectivity index (χ2v) is 18.8. The summed E-state index contributed by atoms with van der Waals surface area (Å²) in [6.07, 6.45) is 39.8. The predicted octanol–water partition coefficient (Wildman–Crippen LogP) is 13.2. The lowest BCUT2D eigenvalue weighted by Gasteiger charge is -2.23. The summed E-state index contributed by atoms with van der Waals surface area (Å²) in [6.45, 7) is 12.9. The highest BCUT2D eigenvalue weighted by atomic mass is 16.6. The van der Waals surface area contributed by atoms with Gasteiger partial charge in [0, 0.05) is 26.4 Å². The van der Waals surface area contributed by atoms with Gasteiger partial charge in [0.25, 0.3) is 0 Å². The van der Waals surface area contributed by atoms with E-state index in [4.69, 9.17) is 14.2 Å². The first kappa shape index (κ1) is 56.0. The maximum atomic E-state index is 12.9. The van der Waals surface area contributed by atoms with E-state index >= 15 is 0 Å². The molecule has 2 N–H and O–H groups in total. The van der Waals surface area contributed by atoms with E-state index in [1.165, 1.54) is 122 Å². The molecular formula is C53H99N3O6. The Labute approximate surface area is 382 Å². The zero-order valence-electron chi connectivity index (χ0n) is 41.3. The monoisotopic (exact) mass is 874 g/mol. The predicted molar refractivity (Wildman–Crippen MR) is 258 cm³/mol. The fraction of sp³-hybridized carbons (Fsp3) is 0.906. The number of likely N-dealkylation sites (N-methyl/N-ethyl adjacent to an activating group) is 1. The standard InChI is InChI=1S/C53H99N3O6/c1-6-10-13-16-21-28-36-45(9-4)60-47(57)39-31-24-19-26-33-42-56(44-35-41-55-50-49(54-5)51(59)53-52(50)62-53)43-34-27-20-25-32-40-48(58)61-46(37-29-22-17-14-11-7-2)38-30-23-18-15-12-8-3/h45-46,52-55H,6-44H2,1-5H3. The molecule has 2 aliphatic rings. The maximum Gasteiger partial charge on any atom is 0.306 e. The van der Waals surface area contributed by atoms with Gasteiger partial charge >= 0.3 is 11.9 Å². The number of hydrogen-bond acceptors (Lipinski definition) is 9. The smallest absolute Gasteiger partial charge is 0.306 e. The van der Waals surface area contributed by atoms with Crippen molar-refractivity contribution in [3.05, 3.63) is 11.4 Å². The van der Waals surface area contributed by atoms with Gasteiger partial charge in [0.05, 0.1) is 5.70 Å². The van der Waals surface area contributed by atoms with Crippen molar-refractivity contribution in [2.75, 3.05) is 33.2 Å². The van der Waals surface area contributed by atoms with Crippen LogP contribution in [0, 0.1) is 0 Å². The molecular weight excluding hydrogens is 775 g/mol. The molecule has 0 aromatic rings. The Balaban J connectivity index is 1.68. The van der Waals surface area contributed by atoms with E-state index < -0.39 is 0 Å². The first-order valence-corrected chi connectivity index (χ1v) is 26.8. The van der Waals surface area contributed by atoms with Gasteiger partial charge in [-0.05, 0) is 96.7 Å². The minimum Gasteiger partial charge on any atom is -0.462 e. The molecule has 0 radical (unpaired) electrons. The highest BCUT2D eigenvalue weighted by Crippen LogP contribution is 2.38. The Morgan fingerprint density at radius 3 is 1.40 bits per heavy atom. The first-order chi connectivity index (χ1) is 30.4. The third-order valence-corrected chi connectivity index (χ3v) is 13.2. The van der Waals surface area contributed by atoms with Crippen molar-refractivity contribution in [1.82, 2.24) is 15.5 Å². The second-order valence-electron chi connectivity index (χ2n) is 18.8. The summed E-state index contributed by atoms with van der Waals surface area (Å²) in [5.74, 6) is 0.0661. The van der Waals surface area contributed by atoms with Crippen LogP contribution >= 0.6 is 0 Å². The number of fused-ring (bicyclic) bond motifs is 1. The summed E-state index contributed by atoms with van der Waals surface area (Å²) >= 11 is 0. The van der Waals surface area contributed by atoms with Gasteiger partial charge in [0.1, 0.15) is 24.0 Å². The molecule has 2 rings (SSSR count). The van der Waals surface area contributed by atoms with Gasteiger partial charge in [0.15, 0.2) is 6.10 Å². The molecule has 1 heterocycles. The molecule has 0 saturated carbocycles. The number of nitrogens with one attached hydrogen (secondary N) is 2. The Morgan fingerprint density at radius 1 is 0.532 bits per heavy atom. The van der Waals surface area contributed by atoms with E-state index in [-0.39, 0.29) is 42.1 Å². The quantitative estimate of drug-likeness (QED) is 0.0351. The molecule has 3 atom stereocenters. The number of carbonyl (C=O) groups excluding carboxylic acids is 3. The summed E-state index contributed by atoms with van der Waals surface area (Å²) in [6, 6.07) is 0. The Morgan fingerprint density at radius 2 is 0.935 bits per heavy atom. The molecule has 62 heavy (non-hydrogen) atoms. The molecule has 0 amide bonds. The van der Waals surface area contributed by atoms with Crippen LogP contribution in [-0.2, 0) is 28.6 Å². The summed E-state index contributed by atoms with van der Waals surface area (Å²) in [4.78, 5) is 40.4. The topological polar surface area (TPSA) is 110 Å². The average molecular weight is 874 g/mol. The molecule has 1 aliphatic heterocycles. The van der Waals surface area contributed by atoms with Crippen molar-refractivity contribution in [3.63, 3.8) is 0 Å². The fourth-order valence-corrected chi connectivity index (χ4v) is 9.08. The van der Waals surface area contributed by atoms with Crippen LogP contribution < -0.4 is 10.6 Å². The molecule has 1 saturated heterocycles. The van der Waals surface area contributed by atoms with Gasteiger partial charge in [-0.15, -0.1) is 0 Å². The van der Waals surface area contributed by atoms with E-state index in [0.717, 1.165) is 122 Å². The zero-order chi connectivity index (χ0) is 44.9. The SMILES string of the molecule is CCCCCCCCC(CC)OC(=O)CCCCCCCN(CCCCCCCC(=O)OC(CCCCCCCC)CCCCCCCC)CCCNC1=C(NC)C(=O)C2OC12. The van der Waals surface area contributed by atoms with Crippen molar-refractivity contribution in [2.45, 2.75) is 277 Å². The molecule has 1 fully saturated rings. The van der Waals surface area contributed by atoms with Gasteiger partial charge < -0.3 is 29.7 Å². The highest BCUT2D eigenvalue weighted by Gasteiger charge is 2.55. The van der Waals surface area contributed by atoms with Crippen LogP contribution in [0.25, 0.3) is 0 Å². The van der Waals surface area contributed by atoms with Gasteiger partial charge in [-0.25, -0.2) is 0 Å². The first-order valence-electron chi connectivity index (χ1n) is 26.8. The molecule has 362 valence electrons. The molecule has 0 aromatic carbocycles. The summed E-state index contributed by atoms with van der Waals surface area (Å²) in [5, 5.41) is 6.58. The molecule has 1 aliphatic carbocycles. The number of ketones is 1. The molecule has 0 bridgehead atoms. The Kier molecular flexibility index (Phi) is 34.5. The van der Waals surface area contributed by atoms with E-state index in [9.17, 15) is 14.4 Å². The summed E-state index contributed by atoms with van der Waals surface area (Å²) < 4.78 is 17.5. The number of hydrogen-bond donors (Lipinski definition) is 2. The molecule has 9 heteroatoms. The van der Waals surface area contributed by atoms with Crippen LogP contribution in [0.4, 0.5) is 0 Å². The van der Waals surface area contributed by atoms with Crippen LogP contribution in [0.2, 0.25) is 0 Å². The minimum atomic E-state index is -0.280. The fourth-order valence-electron chi connectivity index (χ4n) is 9.08. The van der Waals surface area contributed by atoms with Crippen molar-refractivity contribution in [1.29, 1.82) is 0 Å². The zero-order valence-corrected chi connectivity index (χ0v) is 41.3. The number of carbonyl (C=O) groups is 3. The third kappa shape index (κ3) is 27.3. The molecule has 0 aromatic heterocycles. The number of ether oxygens (including phenoxy) is 3. The highest BCUT2D eigenvalue weighted by molar-refractivity contribution is 6.04.